The van der Waals surface area contributed by atoms with Gasteiger partial charge >= 0.3 is 0 Å². The molecule has 0 spiro atoms. The molecule has 3 fully saturated rings. The number of hydrogen-bond acceptors (Lipinski definition) is 6. The Balaban J connectivity index is 1.35. The number of aromatic nitrogens is 1. The largest absolute Gasteiger partial charge is 0.366 e. The van der Waals surface area contributed by atoms with Gasteiger partial charge in [-0.2, -0.15) is 0 Å². The summed E-state index contributed by atoms with van der Waals surface area (Å²) in [5.74, 6) is 1.18. The molecule has 6 nitrogen and oxygen atoms in total. The zero-order valence-corrected chi connectivity index (χ0v) is 20.3. The van der Waals surface area contributed by atoms with E-state index in [1.165, 1.54) is 28.1 Å². The predicted molar refractivity (Wildman–Crippen MR) is 134 cm³/mol. The molecule has 3 atom stereocenters. The maximum absolute atomic E-state index is 12.2. The molecule has 1 saturated carbocycles. The zero-order valence-electron chi connectivity index (χ0n) is 18.7. The molecule has 3 aromatic rings. The number of amides is 2. The Labute approximate surface area is 206 Å². The summed E-state index contributed by atoms with van der Waals surface area (Å²) in [5.41, 5.74) is 5.94. The van der Waals surface area contributed by atoms with Gasteiger partial charge < -0.3 is 10.2 Å². The molecule has 2 aromatic heterocycles. The van der Waals surface area contributed by atoms with Crippen LogP contribution in [0.2, 0.25) is 5.02 Å². The van der Waals surface area contributed by atoms with Gasteiger partial charge in [-0.15, -0.1) is 11.3 Å². The molecule has 3 aliphatic heterocycles. The molecule has 34 heavy (non-hydrogen) atoms. The average Bonchev–Trinajstić information content (AvgIpc) is 3.13. The molecule has 1 N–H and O–H groups in total. The van der Waals surface area contributed by atoms with Crippen molar-refractivity contribution < 1.29 is 9.59 Å². The Morgan fingerprint density at radius 1 is 1.15 bits per heavy atom. The first-order valence-electron chi connectivity index (χ1n) is 12.1. The van der Waals surface area contributed by atoms with Crippen molar-refractivity contribution in [1.29, 1.82) is 0 Å². The van der Waals surface area contributed by atoms with E-state index < -0.39 is 0 Å². The molecule has 0 radical (unpaired) electrons. The lowest BCUT2D eigenvalue weighted by Crippen LogP contribution is -2.41. The van der Waals surface area contributed by atoms with E-state index in [0.29, 0.717) is 31.3 Å². The second-order valence-electron chi connectivity index (χ2n) is 9.95. The summed E-state index contributed by atoms with van der Waals surface area (Å²) in [4.78, 5) is 33.9. The van der Waals surface area contributed by atoms with Crippen molar-refractivity contribution in [3.05, 3.63) is 45.9 Å². The minimum atomic E-state index is -0.0839. The molecule has 8 heteroatoms. The van der Waals surface area contributed by atoms with Crippen molar-refractivity contribution >= 4 is 50.7 Å². The highest BCUT2D eigenvalue weighted by molar-refractivity contribution is 7.19. The number of hydrogen-bond donors (Lipinski definition) is 1. The van der Waals surface area contributed by atoms with Gasteiger partial charge in [-0.1, -0.05) is 11.6 Å². The average molecular weight is 493 g/mol. The Morgan fingerprint density at radius 2 is 2.00 bits per heavy atom. The van der Waals surface area contributed by atoms with Gasteiger partial charge in [0, 0.05) is 64.9 Å². The fourth-order valence-corrected chi connectivity index (χ4v) is 7.43. The van der Waals surface area contributed by atoms with Gasteiger partial charge in [-0.25, -0.2) is 0 Å². The number of carbonyl (C=O) groups excluding carboxylic acids is 2. The number of pyridine rings is 1. The van der Waals surface area contributed by atoms with Gasteiger partial charge in [0.2, 0.25) is 11.8 Å². The van der Waals surface area contributed by atoms with Crippen LogP contribution in [-0.2, 0) is 16.1 Å². The number of carbonyl (C=O) groups is 2. The maximum atomic E-state index is 12.2. The number of benzene rings is 1. The summed E-state index contributed by atoms with van der Waals surface area (Å²) >= 11 is 8.33. The minimum absolute atomic E-state index is 0.0839. The van der Waals surface area contributed by atoms with Crippen LogP contribution in [0.25, 0.3) is 21.3 Å². The second kappa shape index (κ2) is 7.77. The molecule has 1 aromatic carbocycles. The van der Waals surface area contributed by atoms with E-state index in [-0.39, 0.29) is 11.8 Å². The van der Waals surface area contributed by atoms with E-state index in [2.05, 4.69) is 33.4 Å². The van der Waals surface area contributed by atoms with Crippen molar-refractivity contribution in [2.75, 3.05) is 24.5 Å². The SMILES string of the molecule is O=C1CCC(=O)N1Cc1cc2nccc(-c3cc(Cl)cc4c3N(C3CCNC3)C[C@H]3C[C@@H]43)c2s1. The molecular weight excluding hydrogens is 468 g/mol. The van der Waals surface area contributed by atoms with E-state index in [1.807, 2.05) is 12.3 Å². The lowest BCUT2D eigenvalue weighted by Gasteiger charge is -2.37. The van der Waals surface area contributed by atoms with Gasteiger partial charge in [-0.3, -0.25) is 19.5 Å². The normalized spacial score (nSPS) is 25.9. The molecule has 4 aliphatic rings. The number of imide groups is 1. The van der Waals surface area contributed by atoms with Gasteiger partial charge in [-0.05, 0) is 61.1 Å². The van der Waals surface area contributed by atoms with Crippen LogP contribution < -0.4 is 10.2 Å². The predicted octanol–water partition coefficient (Wildman–Crippen LogP) is 4.55. The van der Waals surface area contributed by atoms with E-state index in [4.69, 9.17) is 11.6 Å². The van der Waals surface area contributed by atoms with Crippen LogP contribution in [0.15, 0.2) is 30.5 Å². The second-order valence-corrected chi connectivity index (χ2v) is 11.5. The highest BCUT2D eigenvalue weighted by atomic mass is 35.5. The monoisotopic (exact) mass is 492 g/mol. The van der Waals surface area contributed by atoms with E-state index in [9.17, 15) is 9.59 Å². The number of nitrogens with zero attached hydrogens (tertiary/aromatic N) is 3. The summed E-state index contributed by atoms with van der Waals surface area (Å²) in [5, 5.41) is 4.32. The minimum Gasteiger partial charge on any atom is -0.366 e. The van der Waals surface area contributed by atoms with Crippen LogP contribution in [-0.4, -0.2) is 47.4 Å². The molecule has 174 valence electrons. The van der Waals surface area contributed by atoms with Crippen LogP contribution in [0.5, 0.6) is 0 Å². The summed E-state index contributed by atoms with van der Waals surface area (Å²) in [6.07, 6.45) is 4.89. The number of nitrogens with one attached hydrogen (secondary N) is 1. The smallest absolute Gasteiger partial charge is 0.230 e. The Hall–Kier alpha value is -2.48. The Morgan fingerprint density at radius 3 is 2.79 bits per heavy atom. The first kappa shape index (κ1) is 20.9. The van der Waals surface area contributed by atoms with Crippen LogP contribution in [0.3, 0.4) is 0 Å². The van der Waals surface area contributed by atoms with Gasteiger partial charge in [0.15, 0.2) is 0 Å². The van der Waals surface area contributed by atoms with Gasteiger partial charge in [0.05, 0.1) is 16.8 Å². The number of rotatable bonds is 4. The number of likely N-dealkylation sites (tertiary alicyclic amines) is 1. The first-order valence-corrected chi connectivity index (χ1v) is 13.3. The van der Waals surface area contributed by atoms with Gasteiger partial charge in [0.1, 0.15) is 0 Å². The third-order valence-electron chi connectivity index (χ3n) is 7.84. The Bertz CT molecular complexity index is 1330. The standard InChI is InChI=1S/C26H25ClN4O2S/c27-15-8-20(25-21(9-15)19-7-14(19)12-30(25)16-3-5-28-11-16)18-4-6-29-22-10-17(34-26(18)22)13-31-23(32)1-2-24(31)33/h4,6,8-10,14,16,19,28H,1-3,5,7,11-13H2/t14-,16?,19-/m1/s1. The fourth-order valence-electron chi connectivity index (χ4n) is 6.07. The quantitative estimate of drug-likeness (QED) is 0.541. The third kappa shape index (κ3) is 3.28. The van der Waals surface area contributed by atoms with Crippen LogP contribution in [0.4, 0.5) is 5.69 Å². The molecule has 1 unspecified atom stereocenters. The molecule has 2 amide bonds. The first-order chi connectivity index (χ1) is 16.6. The van der Waals surface area contributed by atoms with E-state index >= 15 is 0 Å². The summed E-state index contributed by atoms with van der Waals surface area (Å²) < 4.78 is 1.09. The van der Waals surface area contributed by atoms with Crippen LogP contribution >= 0.6 is 22.9 Å². The van der Waals surface area contributed by atoms with Crippen molar-refractivity contribution in [1.82, 2.24) is 15.2 Å². The van der Waals surface area contributed by atoms with Crippen molar-refractivity contribution in [2.24, 2.45) is 5.92 Å². The van der Waals surface area contributed by atoms with Crippen LogP contribution in [0.1, 0.15) is 42.0 Å². The fraction of sp³-hybridized carbons (Fsp3) is 0.423. The number of halogens is 1. The number of thiophene rings is 1. The van der Waals surface area contributed by atoms with E-state index in [0.717, 1.165) is 57.7 Å². The lowest BCUT2D eigenvalue weighted by molar-refractivity contribution is -0.138. The highest BCUT2D eigenvalue weighted by Crippen LogP contribution is 2.58. The summed E-state index contributed by atoms with van der Waals surface area (Å²) in [7, 11) is 0. The molecule has 5 heterocycles. The van der Waals surface area contributed by atoms with Crippen molar-refractivity contribution in [2.45, 2.75) is 44.2 Å². The third-order valence-corrected chi connectivity index (χ3v) is 9.20. The molecule has 7 rings (SSSR count). The summed E-state index contributed by atoms with van der Waals surface area (Å²) in [6, 6.07) is 8.91. The number of fused-ring (bicyclic) bond motifs is 4. The maximum Gasteiger partial charge on any atom is 0.230 e. The molecule has 2 saturated heterocycles. The van der Waals surface area contributed by atoms with Crippen LogP contribution in [0, 0.1) is 5.92 Å². The molecule has 1 aliphatic carbocycles. The van der Waals surface area contributed by atoms with E-state index in [1.54, 1.807) is 11.3 Å². The summed E-state index contributed by atoms with van der Waals surface area (Å²) in [6.45, 7) is 3.53. The highest BCUT2D eigenvalue weighted by Gasteiger charge is 2.47. The van der Waals surface area contributed by atoms with Gasteiger partial charge in [0.25, 0.3) is 0 Å². The Kier molecular flexibility index (Phi) is 4.76. The zero-order chi connectivity index (χ0) is 23.0. The number of anilines is 1. The topological polar surface area (TPSA) is 65.5 Å². The molecular formula is C26H25ClN4O2S. The lowest BCUT2D eigenvalue weighted by atomic mass is 9.92. The van der Waals surface area contributed by atoms with Crippen molar-refractivity contribution in [3.8, 4) is 11.1 Å². The molecule has 0 bridgehead atoms. The van der Waals surface area contributed by atoms with Crippen molar-refractivity contribution in [3.63, 3.8) is 0 Å².